The maximum absolute atomic E-state index is 6.05. The minimum absolute atomic E-state index is 0.390. The molecule has 2 N–H and O–H groups in total. The molecule has 102 valence electrons. The van der Waals surface area contributed by atoms with E-state index in [0.29, 0.717) is 0 Å². The average Bonchev–Trinajstić information content (AvgIpc) is 2.86. The van der Waals surface area contributed by atoms with Crippen LogP contribution >= 0.6 is 11.3 Å². The fourth-order valence-electron chi connectivity index (χ4n) is 1.62. The van der Waals surface area contributed by atoms with Crippen LogP contribution in [0.4, 0.5) is 0 Å². The lowest BCUT2D eigenvalue weighted by Gasteiger charge is -2.14. The van der Waals surface area contributed by atoms with Crippen molar-refractivity contribution in [3.05, 3.63) is 35.3 Å². The Labute approximate surface area is 118 Å². The van der Waals surface area contributed by atoms with Crippen molar-refractivity contribution in [1.29, 1.82) is 0 Å². The quantitative estimate of drug-likeness (QED) is 0.903. The summed E-state index contributed by atoms with van der Waals surface area (Å²) in [4.78, 5) is 4.60. The zero-order chi connectivity index (χ0) is 13.9. The molecule has 4 heteroatoms. The van der Waals surface area contributed by atoms with Crippen LogP contribution in [0.5, 0.6) is 5.75 Å². The van der Waals surface area contributed by atoms with E-state index in [1.54, 1.807) is 11.3 Å². The molecule has 0 aliphatic rings. The van der Waals surface area contributed by atoms with E-state index in [9.17, 15) is 0 Å². The molecule has 0 aliphatic carbocycles. The first-order chi connectivity index (χ1) is 9.00. The van der Waals surface area contributed by atoms with Crippen LogP contribution in [0, 0.1) is 0 Å². The molecule has 2 rings (SSSR count). The summed E-state index contributed by atoms with van der Waals surface area (Å²) in [5, 5.41) is 3.02. The first kappa shape index (κ1) is 14.0. The molecule has 0 unspecified atom stereocenters. The second kappa shape index (κ2) is 5.72. The Morgan fingerprint density at radius 2 is 1.95 bits per heavy atom. The van der Waals surface area contributed by atoms with Gasteiger partial charge in [-0.25, -0.2) is 4.98 Å². The van der Waals surface area contributed by atoms with Gasteiger partial charge in [0.05, 0.1) is 17.8 Å². The Morgan fingerprint density at radius 3 is 2.47 bits per heavy atom. The van der Waals surface area contributed by atoms with E-state index in [1.165, 1.54) is 0 Å². The lowest BCUT2D eigenvalue weighted by Crippen LogP contribution is -2.28. The average molecular weight is 276 g/mol. The highest BCUT2D eigenvalue weighted by Gasteiger charge is 2.18. The molecular formula is C15H20N2OS. The van der Waals surface area contributed by atoms with E-state index >= 15 is 0 Å². The minimum Gasteiger partial charge on any atom is -0.494 e. The molecule has 19 heavy (non-hydrogen) atoms. The molecule has 0 bridgehead atoms. The second-order valence-electron chi connectivity index (χ2n) is 5.13. The summed E-state index contributed by atoms with van der Waals surface area (Å²) in [6.07, 6.45) is 1.02. The van der Waals surface area contributed by atoms with E-state index in [2.05, 4.69) is 11.9 Å². The second-order valence-corrected chi connectivity index (χ2v) is 5.99. The maximum atomic E-state index is 6.05. The van der Waals surface area contributed by atoms with Crippen molar-refractivity contribution in [2.45, 2.75) is 32.7 Å². The van der Waals surface area contributed by atoms with Crippen LogP contribution < -0.4 is 10.5 Å². The van der Waals surface area contributed by atoms with E-state index < -0.39 is 0 Å². The predicted molar refractivity (Wildman–Crippen MR) is 80.5 cm³/mol. The van der Waals surface area contributed by atoms with Gasteiger partial charge >= 0.3 is 0 Å². The third kappa shape index (κ3) is 3.55. The topological polar surface area (TPSA) is 48.1 Å². The SMILES string of the molecule is CCCOc1ccc(-c2nc(C(C)(C)N)cs2)cc1. The van der Waals surface area contributed by atoms with Crippen LogP contribution in [0.1, 0.15) is 32.9 Å². The molecule has 0 aliphatic heterocycles. The van der Waals surface area contributed by atoms with E-state index in [0.717, 1.165) is 35.0 Å². The van der Waals surface area contributed by atoms with Crippen LogP contribution in [0.15, 0.2) is 29.6 Å². The molecule has 0 radical (unpaired) electrons. The van der Waals surface area contributed by atoms with Gasteiger partial charge in [0.2, 0.25) is 0 Å². The summed E-state index contributed by atoms with van der Waals surface area (Å²) in [5.41, 5.74) is 7.69. The summed E-state index contributed by atoms with van der Waals surface area (Å²) in [5.74, 6) is 0.904. The van der Waals surface area contributed by atoms with Gasteiger partial charge in [0.25, 0.3) is 0 Å². The number of rotatable bonds is 5. The van der Waals surface area contributed by atoms with Crippen molar-refractivity contribution >= 4 is 11.3 Å². The fraction of sp³-hybridized carbons (Fsp3) is 0.400. The number of benzene rings is 1. The van der Waals surface area contributed by atoms with Gasteiger partial charge in [-0.3, -0.25) is 0 Å². The highest BCUT2D eigenvalue weighted by atomic mass is 32.1. The number of ether oxygens (including phenoxy) is 1. The van der Waals surface area contributed by atoms with Crippen molar-refractivity contribution in [3.8, 4) is 16.3 Å². The van der Waals surface area contributed by atoms with Gasteiger partial charge in [-0.05, 0) is 44.5 Å². The van der Waals surface area contributed by atoms with Crippen molar-refractivity contribution in [1.82, 2.24) is 4.98 Å². The molecule has 0 atom stereocenters. The Hall–Kier alpha value is -1.39. The zero-order valence-electron chi connectivity index (χ0n) is 11.6. The number of aromatic nitrogens is 1. The van der Waals surface area contributed by atoms with Gasteiger partial charge in [-0.15, -0.1) is 11.3 Å². The van der Waals surface area contributed by atoms with Crippen molar-refractivity contribution in [2.24, 2.45) is 5.73 Å². The molecule has 1 aromatic heterocycles. The van der Waals surface area contributed by atoms with Crippen LogP contribution in [-0.2, 0) is 5.54 Å². The van der Waals surface area contributed by atoms with Crippen molar-refractivity contribution in [2.75, 3.05) is 6.61 Å². The minimum atomic E-state index is -0.390. The highest BCUT2D eigenvalue weighted by molar-refractivity contribution is 7.13. The Bertz CT molecular complexity index is 526. The Balaban J connectivity index is 2.16. The maximum Gasteiger partial charge on any atom is 0.123 e. The summed E-state index contributed by atoms with van der Waals surface area (Å²) >= 11 is 1.62. The van der Waals surface area contributed by atoms with Gasteiger partial charge in [0, 0.05) is 10.9 Å². The smallest absolute Gasteiger partial charge is 0.123 e. The summed E-state index contributed by atoms with van der Waals surface area (Å²) in [6, 6.07) is 8.05. The number of hydrogen-bond acceptors (Lipinski definition) is 4. The van der Waals surface area contributed by atoms with Crippen molar-refractivity contribution in [3.63, 3.8) is 0 Å². The summed E-state index contributed by atoms with van der Waals surface area (Å²) < 4.78 is 5.57. The molecular weight excluding hydrogens is 256 g/mol. The van der Waals surface area contributed by atoms with Gasteiger partial charge in [0.1, 0.15) is 10.8 Å². The third-order valence-corrected chi connectivity index (χ3v) is 3.63. The molecule has 0 fully saturated rings. The molecule has 3 nitrogen and oxygen atoms in total. The molecule has 0 saturated carbocycles. The molecule has 2 aromatic rings. The highest BCUT2D eigenvalue weighted by Crippen LogP contribution is 2.28. The summed E-state index contributed by atoms with van der Waals surface area (Å²) in [6.45, 7) is 6.78. The van der Waals surface area contributed by atoms with E-state index in [1.807, 2.05) is 43.5 Å². The lowest BCUT2D eigenvalue weighted by molar-refractivity contribution is 0.317. The van der Waals surface area contributed by atoms with Crippen LogP contribution in [-0.4, -0.2) is 11.6 Å². The Kier molecular flexibility index (Phi) is 4.22. The molecule has 1 aromatic carbocycles. The number of nitrogens with two attached hydrogens (primary N) is 1. The third-order valence-electron chi connectivity index (χ3n) is 2.74. The van der Waals surface area contributed by atoms with Gasteiger partial charge in [-0.1, -0.05) is 6.92 Å². The predicted octanol–water partition coefficient (Wildman–Crippen LogP) is 3.79. The van der Waals surface area contributed by atoms with E-state index in [-0.39, 0.29) is 5.54 Å². The van der Waals surface area contributed by atoms with Crippen molar-refractivity contribution < 1.29 is 4.74 Å². The van der Waals surface area contributed by atoms with Crippen LogP contribution in [0.25, 0.3) is 10.6 Å². The first-order valence-electron chi connectivity index (χ1n) is 6.49. The standard InChI is InChI=1S/C15H20N2OS/c1-4-9-18-12-7-5-11(6-8-12)14-17-13(10-19-14)15(2,3)16/h5-8,10H,4,9,16H2,1-3H3. The fourth-order valence-corrected chi connectivity index (χ4v) is 2.62. The van der Waals surface area contributed by atoms with Gasteiger partial charge in [-0.2, -0.15) is 0 Å². The Morgan fingerprint density at radius 1 is 1.26 bits per heavy atom. The van der Waals surface area contributed by atoms with Crippen LogP contribution in [0.2, 0.25) is 0 Å². The van der Waals surface area contributed by atoms with Gasteiger partial charge in [0.15, 0.2) is 0 Å². The zero-order valence-corrected chi connectivity index (χ0v) is 12.5. The number of nitrogens with zero attached hydrogens (tertiary/aromatic N) is 1. The molecule has 0 saturated heterocycles. The lowest BCUT2D eigenvalue weighted by atomic mass is 10.0. The monoisotopic (exact) mass is 276 g/mol. The first-order valence-corrected chi connectivity index (χ1v) is 7.37. The number of thiazole rings is 1. The molecule has 0 spiro atoms. The molecule has 0 amide bonds. The van der Waals surface area contributed by atoms with E-state index in [4.69, 9.17) is 10.5 Å². The van der Waals surface area contributed by atoms with Gasteiger partial charge < -0.3 is 10.5 Å². The van der Waals surface area contributed by atoms with Crippen LogP contribution in [0.3, 0.4) is 0 Å². The molecule has 1 heterocycles. The largest absolute Gasteiger partial charge is 0.494 e. The number of hydrogen-bond donors (Lipinski definition) is 1. The normalized spacial score (nSPS) is 11.6. The summed E-state index contributed by atoms with van der Waals surface area (Å²) in [7, 11) is 0.